The maximum Gasteiger partial charge on any atom is 0.282 e. The number of hydrogen-bond donors (Lipinski definition) is 0. The van der Waals surface area contributed by atoms with E-state index < -0.39 is 0 Å². The fraction of sp³-hybridized carbons (Fsp3) is 0.412. The van der Waals surface area contributed by atoms with Gasteiger partial charge in [-0.2, -0.15) is 5.10 Å². The molecule has 0 N–H and O–H groups in total. The molecule has 2 heterocycles. The summed E-state index contributed by atoms with van der Waals surface area (Å²) in [6, 6.07) is 7.51. The van der Waals surface area contributed by atoms with Crippen LogP contribution in [-0.4, -0.2) is 29.5 Å². The maximum atomic E-state index is 12.0. The van der Waals surface area contributed by atoms with Gasteiger partial charge in [0.05, 0.1) is 23.5 Å². The van der Waals surface area contributed by atoms with Crippen molar-refractivity contribution in [3.05, 3.63) is 50.3 Å². The molecule has 0 radical (unpaired) electrons. The van der Waals surface area contributed by atoms with E-state index in [1.54, 1.807) is 13.2 Å². The van der Waals surface area contributed by atoms with E-state index in [0.29, 0.717) is 27.8 Å². The Hall–Kier alpha value is -1.53. The standard InChI is InChI=1S/C17H19BrClN3O2/c1-21-17(23)16(18)14(9-20-21)22-8-4-5-12(10-22)11-24-15-7-3-2-6-13(15)19/h2-3,6-7,9,12H,4-5,8,10-11H2,1H3. The lowest BCUT2D eigenvalue weighted by molar-refractivity contribution is 0.229. The van der Waals surface area contributed by atoms with E-state index in [9.17, 15) is 4.79 Å². The summed E-state index contributed by atoms with van der Waals surface area (Å²) < 4.78 is 7.77. The second-order valence-corrected chi connectivity index (χ2v) is 7.17. The van der Waals surface area contributed by atoms with Crippen LogP contribution in [-0.2, 0) is 7.05 Å². The number of aryl methyl sites for hydroxylation is 1. The minimum atomic E-state index is -0.123. The molecule has 1 aliphatic heterocycles. The van der Waals surface area contributed by atoms with Gasteiger partial charge >= 0.3 is 0 Å². The van der Waals surface area contributed by atoms with Crippen molar-refractivity contribution in [3.63, 3.8) is 0 Å². The molecule has 5 nitrogen and oxygen atoms in total. The van der Waals surface area contributed by atoms with Crippen molar-refractivity contribution >= 4 is 33.2 Å². The largest absolute Gasteiger partial charge is 0.492 e. The molecule has 1 saturated heterocycles. The topological polar surface area (TPSA) is 47.4 Å². The van der Waals surface area contributed by atoms with E-state index in [1.165, 1.54) is 4.68 Å². The van der Waals surface area contributed by atoms with E-state index in [2.05, 4.69) is 25.9 Å². The summed E-state index contributed by atoms with van der Waals surface area (Å²) in [7, 11) is 1.65. The molecule has 128 valence electrons. The number of nitrogens with zero attached hydrogens (tertiary/aromatic N) is 3. The van der Waals surface area contributed by atoms with Crippen molar-refractivity contribution in [2.45, 2.75) is 12.8 Å². The highest BCUT2D eigenvalue weighted by Gasteiger charge is 2.23. The highest BCUT2D eigenvalue weighted by molar-refractivity contribution is 9.10. The number of aromatic nitrogens is 2. The van der Waals surface area contributed by atoms with Gasteiger partial charge in [0.15, 0.2) is 0 Å². The van der Waals surface area contributed by atoms with Gasteiger partial charge < -0.3 is 9.64 Å². The highest BCUT2D eigenvalue weighted by atomic mass is 79.9. The molecule has 0 spiro atoms. The van der Waals surface area contributed by atoms with Gasteiger partial charge in [0.25, 0.3) is 5.56 Å². The van der Waals surface area contributed by atoms with Gasteiger partial charge in [-0.05, 0) is 40.9 Å². The molecular formula is C17H19BrClN3O2. The first-order chi connectivity index (χ1) is 11.6. The van der Waals surface area contributed by atoms with Crippen LogP contribution in [0.25, 0.3) is 0 Å². The molecule has 1 atom stereocenters. The van der Waals surface area contributed by atoms with E-state index in [0.717, 1.165) is 31.6 Å². The third-order valence-electron chi connectivity index (χ3n) is 4.23. The Bertz CT molecular complexity index is 781. The Morgan fingerprint density at radius 1 is 1.42 bits per heavy atom. The molecule has 0 amide bonds. The van der Waals surface area contributed by atoms with Crippen LogP contribution >= 0.6 is 27.5 Å². The maximum absolute atomic E-state index is 12.0. The summed E-state index contributed by atoms with van der Waals surface area (Å²) >= 11 is 9.54. The number of piperidine rings is 1. The molecule has 0 bridgehead atoms. The zero-order valence-corrected chi connectivity index (χ0v) is 15.8. The van der Waals surface area contributed by atoms with Crippen molar-refractivity contribution in [1.29, 1.82) is 0 Å². The van der Waals surface area contributed by atoms with Crippen LogP contribution in [0.15, 0.2) is 39.7 Å². The van der Waals surface area contributed by atoms with Gasteiger partial charge in [-0.1, -0.05) is 23.7 Å². The van der Waals surface area contributed by atoms with Crippen molar-refractivity contribution < 1.29 is 4.74 Å². The summed E-state index contributed by atoms with van der Waals surface area (Å²) in [5.74, 6) is 1.10. The third-order valence-corrected chi connectivity index (χ3v) is 5.29. The predicted molar refractivity (Wildman–Crippen MR) is 99.1 cm³/mol. The van der Waals surface area contributed by atoms with Crippen LogP contribution in [0.3, 0.4) is 0 Å². The number of benzene rings is 1. The van der Waals surface area contributed by atoms with E-state index >= 15 is 0 Å². The molecule has 1 aromatic carbocycles. The van der Waals surface area contributed by atoms with Crippen molar-refractivity contribution in [3.8, 4) is 5.75 Å². The van der Waals surface area contributed by atoms with Crippen LogP contribution in [0, 0.1) is 5.92 Å². The van der Waals surface area contributed by atoms with Crippen molar-refractivity contribution in [1.82, 2.24) is 9.78 Å². The Morgan fingerprint density at radius 3 is 3.00 bits per heavy atom. The Morgan fingerprint density at radius 2 is 2.21 bits per heavy atom. The number of hydrogen-bond acceptors (Lipinski definition) is 4. The summed E-state index contributed by atoms with van der Waals surface area (Å²) in [6.07, 6.45) is 3.89. The second kappa shape index (κ2) is 7.57. The van der Waals surface area contributed by atoms with Gasteiger partial charge in [0.2, 0.25) is 0 Å². The Balaban J connectivity index is 1.68. The lowest BCUT2D eigenvalue weighted by Gasteiger charge is -2.34. The molecule has 1 aromatic heterocycles. The van der Waals surface area contributed by atoms with Gasteiger partial charge in [-0.3, -0.25) is 4.79 Å². The van der Waals surface area contributed by atoms with E-state index in [-0.39, 0.29) is 5.56 Å². The highest BCUT2D eigenvalue weighted by Crippen LogP contribution is 2.29. The minimum Gasteiger partial charge on any atom is -0.492 e. The SMILES string of the molecule is Cn1ncc(N2CCCC(COc3ccccc3Cl)C2)c(Br)c1=O. The molecule has 24 heavy (non-hydrogen) atoms. The molecule has 0 saturated carbocycles. The van der Waals surface area contributed by atoms with Crippen LogP contribution in [0.1, 0.15) is 12.8 Å². The molecule has 7 heteroatoms. The zero-order valence-electron chi connectivity index (χ0n) is 13.4. The molecule has 1 unspecified atom stereocenters. The Labute approximate surface area is 154 Å². The second-order valence-electron chi connectivity index (χ2n) is 5.97. The summed E-state index contributed by atoms with van der Waals surface area (Å²) in [5.41, 5.74) is 0.725. The molecule has 2 aromatic rings. The van der Waals surface area contributed by atoms with Crippen molar-refractivity contribution in [2.24, 2.45) is 13.0 Å². The zero-order chi connectivity index (χ0) is 17.1. The van der Waals surface area contributed by atoms with Gasteiger partial charge in [0.1, 0.15) is 10.2 Å². The first-order valence-corrected chi connectivity index (χ1v) is 9.07. The van der Waals surface area contributed by atoms with E-state index in [4.69, 9.17) is 16.3 Å². The molecular weight excluding hydrogens is 394 g/mol. The lowest BCUT2D eigenvalue weighted by Crippen LogP contribution is -2.39. The summed E-state index contributed by atoms with van der Waals surface area (Å²) in [6.45, 7) is 2.35. The number of anilines is 1. The predicted octanol–water partition coefficient (Wildman–Crippen LogP) is 3.49. The fourth-order valence-electron chi connectivity index (χ4n) is 2.91. The van der Waals surface area contributed by atoms with Crippen LogP contribution in [0.2, 0.25) is 5.02 Å². The molecule has 1 fully saturated rings. The minimum absolute atomic E-state index is 0.123. The van der Waals surface area contributed by atoms with Gasteiger partial charge in [0, 0.05) is 26.1 Å². The number of halogens is 2. The van der Waals surface area contributed by atoms with Gasteiger partial charge in [-0.15, -0.1) is 0 Å². The fourth-order valence-corrected chi connectivity index (χ4v) is 3.71. The van der Waals surface area contributed by atoms with Crippen molar-refractivity contribution in [2.75, 3.05) is 24.6 Å². The monoisotopic (exact) mass is 411 g/mol. The summed E-state index contributed by atoms with van der Waals surface area (Å²) in [4.78, 5) is 14.2. The smallest absolute Gasteiger partial charge is 0.282 e. The molecule has 1 aliphatic rings. The van der Waals surface area contributed by atoms with E-state index in [1.807, 2.05) is 24.3 Å². The quantitative estimate of drug-likeness (QED) is 0.771. The molecule has 3 rings (SSSR count). The average Bonchev–Trinajstić information content (AvgIpc) is 2.59. The summed E-state index contributed by atoms with van der Waals surface area (Å²) in [5, 5.41) is 4.76. The normalized spacial score (nSPS) is 17.8. The third kappa shape index (κ3) is 3.75. The Kier molecular flexibility index (Phi) is 5.46. The van der Waals surface area contributed by atoms with Crippen LogP contribution in [0.4, 0.5) is 5.69 Å². The number of ether oxygens (including phenoxy) is 1. The lowest BCUT2D eigenvalue weighted by atomic mass is 9.98. The number of rotatable bonds is 4. The van der Waals surface area contributed by atoms with Crippen LogP contribution in [0.5, 0.6) is 5.75 Å². The first-order valence-electron chi connectivity index (χ1n) is 7.90. The number of para-hydroxylation sites is 1. The molecule has 0 aliphatic carbocycles. The first kappa shape index (κ1) is 17.3. The van der Waals surface area contributed by atoms with Crippen LogP contribution < -0.4 is 15.2 Å². The van der Waals surface area contributed by atoms with Gasteiger partial charge in [-0.25, -0.2) is 4.68 Å². The average molecular weight is 413 g/mol.